The fourth-order valence-electron chi connectivity index (χ4n) is 5.54. The lowest BCUT2D eigenvalue weighted by molar-refractivity contribution is -0.121. The zero-order valence-corrected chi connectivity index (χ0v) is 24.6. The predicted molar refractivity (Wildman–Crippen MR) is 166 cm³/mol. The van der Waals surface area contributed by atoms with E-state index in [2.05, 4.69) is 91.6 Å². The van der Waals surface area contributed by atoms with Crippen LogP contribution in [0.5, 0.6) is 5.75 Å². The first kappa shape index (κ1) is 29.4. The molecule has 0 saturated heterocycles. The van der Waals surface area contributed by atoms with Gasteiger partial charge in [-0.05, 0) is 80.2 Å². The van der Waals surface area contributed by atoms with E-state index in [1.807, 2.05) is 30.3 Å². The first-order valence-corrected chi connectivity index (χ1v) is 14.9. The summed E-state index contributed by atoms with van der Waals surface area (Å²) in [6.45, 7) is 12.4. The van der Waals surface area contributed by atoms with Gasteiger partial charge in [-0.3, -0.25) is 4.79 Å². The summed E-state index contributed by atoms with van der Waals surface area (Å²) < 4.78 is 6.16. The molecule has 2 atom stereocenters. The van der Waals surface area contributed by atoms with Gasteiger partial charge >= 0.3 is 0 Å². The Morgan fingerprint density at radius 2 is 1.75 bits per heavy atom. The van der Waals surface area contributed by atoms with E-state index >= 15 is 0 Å². The Bertz CT molecular complexity index is 1340. The second-order valence-corrected chi connectivity index (χ2v) is 10.7. The van der Waals surface area contributed by atoms with Gasteiger partial charge in [-0.25, -0.2) is 0 Å². The Labute approximate surface area is 239 Å². The molecule has 2 N–H and O–H groups in total. The molecule has 0 spiro atoms. The quantitative estimate of drug-likeness (QED) is 0.165. The molecule has 5 nitrogen and oxygen atoms in total. The molecule has 3 aromatic carbocycles. The van der Waals surface area contributed by atoms with Crippen molar-refractivity contribution < 1.29 is 9.53 Å². The van der Waals surface area contributed by atoms with E-state index in [1.54, 1.807) is 0 Å². The van der Waals surface area contributed by atoms with Gasteiger partial charge in [0.05, 0.1) is 0 Å². The average Bonchev–Trinajstić information content (AvgIpc) is 3.42. The first-order valence-electron chi connectivity index (χ1n) is 14.9. The van der Waals surface area contributed by atoms with Crippen LogP contribution in [0.1, 0.15) is 75.1 Å². The molecule has 2 unspecified atom stereocenters. The van der Waals surface area contributed by atoms with E-state index in [1.165, 1.54) is 10.9 Å². The van der Waals surface area contributed by atoms with Crippen LogP contribution < -0.4 is 10.1 Å². The van der Waals surface area contributed by atoms with E-state index in [9.17, 15) is 4.79 Å². The number of para-hydroxylation sites is 1. The van der Waals surface area contributed by atoms with E-state index < -0.39 is 0 Å². The van der Waals surface area contributed by atoms with Crippen LogP contribution >= 0.6 is 0 Å². The van der Waals surface area contributed by atoms with Crippen molar-refractivity contribution in [2.45, 2.75) is 71.9 Å². The molecule has 0 aliphatic rings. The zero-order valence-electron chi connectivity index (χ0n) is 24.6. The second-order valence-electron chi connectivity index (χ2n) is 10.7. The van der Waals surface area contributed by atoms with Gasteiger partial charge in [0.1, 0.15) is 12.4 Å². The van der Waals surface area contributed by atoms with Crippen molar-refractivity contribution in [2.24, 2.45) is 0 Å². The summed E-state index contributed by atoms with van der Waals surface area (Å²) in [5, 5.41) is 4.47. The van der Waals surface area contributed by atoms with Gasteiger partial charge in [0.15, 0.2) is 0 Å². The maximum Gasteiger partial charge on any atom is 0.221 e. The highest BCUT2D eigenvalue weighted by atomic mass is 16.5. The van der Waals surface area contributed by atoms with Gasteiger partial charge < -0.3 is 19.9 Å². The third-order valence-electron chi connectivity index (χ3n) is 7.90. The third-order valence-corrected chi connectivity index (χ3v) is 7.90. The predicted octanol–water partition coefficient (Wildman–Crippen LogP) is 7.46. The molecule has 4 aromatic rings. The highest BCUT2D eigenvalue weighted by Gasteiger charge is 2.23. The number of aromatic nitrogens is 1. The number of hydrogen-bond acceptors (Lipinski definition) is 3. The second kappa shape index (κ2) is 14.7. The van der Waals surface area contributed by atoms with Crippen LogP contribution in [0.2, 0.25) is 0 Å². The number of ether oxygens (including phenoxy) is 1. The summed E-state index contributed by atoms with van der Waals surface area (Å²) >= 11 is 0. The summed E-state index contributed by atoms with van der Waals surface area (Å²) in [5.74, 6) is 0.798. The fraction of sp³-hybridized carbons (Fsp3) is 0.400. The van der Waals surface area contributed by atoms with Crippen molar-refractivity contribution in [3.63, 3.8) is 0 Å². The molecule has 0 bridgehead atoms. The Balaban J connectivity index is 1.54. The average molecular weight is 540 g/mol. The molecule has 5 heteroatoms. The molecule has 0 fully saturated rings. The number of fused-ring (bicyclic) bond motifs is 1. The maximum absolute atomic E-state index is 13.4. The molecular weight excluding hydrogens is 494 g/mol. The minimum Gasteiger partial charge on any atom is -0.489 e. The number of amides is 1. The zero-order chi connectivity index (χ0) is 28.3. The van der Waals surface area contributed by atoms with Gasteiger partial charge in [-0.15, -0.1) is 0 Å². The van der Waals surface area contributed by atoms with E-state index in [-0.39, 0.29) is 17.9 Å². The number of nitrogens with zero attached hydrogens (tertiary/aromatic N) is 1. The number of carbonyl (C=O) groups excluding carboxylic acids is 1. The number of aryl methyl sites for hydroxylation is 1. The van der Waals surface area contributed by atoms with Crippen LogP contribution in [0.4, 0.5) is 0 Å². The van der Waals surface area contributed by atoms with Gasteiger partial charge in [-0.1, -0.05) is 81.4 Å². The minimum absolute atomic E-state index is 0.0805. The number of aromatic amines is 1. The van der Waals surface area contributed by atoms with Crippen molar-refractivity contribution in [1.82, 2.24) is 15.2 Å². The van der Waals surface area contributed by atoms with Crippen molar-refractivity contribution in [3.8, 4) is 5.75 Å². The van der Waals surface area contributed by atoms with E-state index in [0.717, 1.165) is 66.9 Å². The Kier molecular flexibility index (Phi) is 10.8. The number of nitrogens with one attached hydrogen (secondary N) is 2. The van der Waals surface area contributed by atoms with Crippen molar-refractivity contribution in [1.29, 1.82) is 0 Å². The summed E-state index contributed by atoms with van der Waals surface area (Å²) in [5.41, 5.74) is 5.80. The van der Waals surface area contributed by atoms with Crippen LogP contribution in [0.25, 0.3) is 10.9 Å². The molecule has 4 rings (SSSR count). The molecule has 0 aliphatic heterocycles. The van der Waals surface area contributed by atoms with E-state index in [4.69, 9.17) is 4.74 Å². The van der Waals surface area contributed by atoms with Crippen molar-refractivity contribution in [3.05, 3.63) is 101 Å². The van der Waals surface area contributed by atoms with E-state index in [0.29, 0.717) is 13.0 Å². The van der Waals surface area contributed by atoms with Crippen molar-refractivity contribution >= 4 is 16.8 Å². The number of benzene rings is 3. The molecule has 1 heterocycles. The van der Waals surface area contributed by atoms with Crippen LogP contribution in [-0.2, 0) is 17.8 Å². The third kappa shape index (κ3) is 7.76. The molecule has 1 aromatic heterocycles. The Morgan fingerprint density at radius 1 is 0.975 bits per heavy atom. The van der Waals surface area contributed by atoms with Gasteiger partial charge in [0.25, 0.3) is 0 Å². The summed E-state index contributed by atoms with van der Waals surface area (Å²) in [6, 6.07) is 25.0. The largest absolute Gasteiger partial charge is 0.489 e. The summed E-state index contributed by atoms with van der Waals surface area (Å²) in [6.07, 6.45) is 5.48. The van der Waals surface area contributed by atoms with Crippen LogP contribution in [-0.4, -0.2) is 41.5 Å². The highest BCUT2D eigenvalue weighted by molar-refractivity contribution is 5.88. The number of hydrogen-bond donors (Lipinski definition) is 2. The number of carbonyl (C=O) groups is 1. The van der Waals surface area contributed by atoms with Gasteiger partial charge in [0, 0.05) is 35.5 Å². The van der Waals surface area contributed by atoms with Gasteiger partial charge in [0.2, 0.25) is 5.91 Å². The molecule has 212 valence electrons. The van der Waals surface area contributed by atoms with Crippen LogP contribution in [0, 0.1) is 0 Å². The molecule has 0 radical (unpaired) electrons. The normalized spacial score (nSPS) is 12.9. The molecule has 0 saturated carbocycles. The topological polar surface area (TPSA) is 57.4 Å². The standard InChI is InChI=1S/C35H45N3O2/c1-5-28-17-12-20-31-33(24-36-35(28)31)32(23-34(39)37-26(4)14-13-21-38(6-2)7-3)29-18-11-19-30(22-29)40-25-27-15-9-8-10-16-27/h8-12,15-20,22,24,26,32,36H,5-7,13-14,21,23,25H2,1-4H3,(H,37,39). The van der Waals surface area contributed by atoms with Gasteiger partial charge in [-0.2, -0.15) is 0 Å². The van der Waals surface area contributed by atoms with Crippen LogP contribution in [0.15, 0.2) is 79.0 Å². The Hall–Kier alpha value is -3.57. The lowest BCUT2D eigenvalue weighted by Gasteiger charge is -2.22. The monoisotopic (exact) mass is 539 g/mol. The van der Waals surface area contributed by atoms with Crippen LogP contribution in [0.3, 0.4) is 0 Å². The summed E-state index contributed by atoms with van der Waals surface area (Å²) in [7, 11) is 0. The highest BCUT2D eigenvalue weighted by Crippen LogP contribution is 2.36. The molecule has 1 amide bonds. The molecular formula is C35H45N3O2. The summed E-state index contributed by atoms with van der Waals surface area (Å²) in [4.78, 5) is 19.4. The van der Waals surface area contributed by atoms with Crippen molar-refractivity contribution in [2.75, 3.05) is 19.6 Å². The lowest BCUT2D eigenvalue weighted by Crippen LogP contribution is -2.34. The minimum atomic E-state index is -0.0935. The lowest BCUT2D eigenvalue weighted by atomic mass is 9.87. The number of rotatable bonds is 15. The fourth-order valence-corrected chi connectivity index (χ4v) is 5.54. The molecule has 0 aliphatic carbocycles. The maximum atomic E-state index is 13.4. The smallest absolute Gasteiger partial charge is 0.221 e. The molecule has 40 heavy (non-hydrogen) atoms. The Morgan fingerprint density at radius 3 is 2.50 bits per heavy atom. The SMILES string of the molecule is CCc1cccc2c(C(CC(=O)NC(C)CCCN(CC)CC)c3cccc(OCc4ccccc4)c3)c[nH]c12. The number of H-pyrrole nitrogens is 1. The first-order chi connectivity index (χ1) is 19.5.